The van der Waals surface area contributed by atoms with E-state index in [0.717, 1.165) is 18.8 Å². The van der Waals surface area contributed by atoms with Gasteiger partial charge in [-0.25, -0.2) is 0 Å². The van der Waals surface area contributed by atoms with Crippen molar-refractivity contribution in [3.63, 3.8) is 0 Å². The van der Waals surface area contributed by atoms with Crippen LogP contribution in [0.2, 0.25) is 25.7 Å². The number of rotatable bonds is 5. The Bertz CT molecular complexity index is 178. The van der Waals surface area contributed by atoms with Crippen LogP contribution in [0.3, 0.4) is 0 Å². The number of nitriles is 1. The molecule has 0 fully saturated rings. The van der Waals surface area contributed by atoms with Gasteiger partial charge in [0.2, 0.25) is 0 Å². The molecule has 1 unspecified atom stereocenters. The highest BCUT2D eigenvalue weighted by Gasteiger charge is 2.19. The molecule has 0 radical (unpaired) electrons. The third-order valence-corrected chi connectivity index (χ3v) is 3.44. The minimum atomic E-state index is -1.13. The SMILES string of the molecule is C[Si](C)(C)CC(C=O)CCC#N. The quantitative estimate of drug-likeness (QED) is 0.485. The highest BCUT2D eigenvalue weighted by Crippen LogP contribution is 2.18. The summed E-state index contributed by atoms with van der Waals surface area (Å²) in [5.74, 6) is 0.122. The van der Waals surface area contributed by atoms with E-state index in [2.05, 4.69) is 25.7 Å². The van der Waals surface area contributed by atoms with Gasteiger partial charge in [-0.1, -0.05) is 19.6 Å². The van der Waals surface area contributed by atoms with Gasteiger partial charge in [0.1, 0.15) is 6.29 Å². The minimum Gasteiger partial charge on any atom is -0.303 e. The Hall–Kier alpha value is -0.623. The molecule has 0 saturated carbocycles. The summed E-state index contributed by atoms with van der Waals surface area (Å²) in [5.41, 5.74) is 0. The normalized spacial score (nSPS) is 13.5. The van der Waals surface area contributed by atoms with E-state index in [1.165, 1.54) is 0 Å². The van der Waals surface area contributed by atoms with Crippen molar-refractivity contribution in [1.29, 1.82) is 5.26 Å². The smallest absolute Gasteiger partial charge is 0.122 e. The highest BCUT2D eigenvalue weighted by molar-refractivity contribution is 6.76. The van der Waals surface area contributed by atoms with Crippen LogP contribution in [-0.4, -0.2) is 14.4 Å². The van der Waals surface area contributed by atoms with Crippen molar-refractivity contribution in [2.24, 2.45) is 5.92 Å². The molecule has 0 aliphatic heterocycles. The fraction of sp³-hybridized carbons (Fsp3) is 0.778. The van der Waals surface area contributed by atoms with Crippen molar-refractivity contribution in [2.45, 2.75) is 38.5 Å². The van der Waals surface area contributed by atoms with Crippen molar-refractivity contribution in [1.82, 2.24) is 0 Å². The van der Waals surface area contributed by atoms with Crippen molar-refractivity contribution >= 4 is 14.4 Å². The van der Waals surface area contributed by atoms with E-state index in [1.54, 1.807) is 0 Å². The first-order valence-electron chi connectivity index (χ1n) is 4.32. The van der Waals surface area contributed by atoms with Gasteiger partial charge in [-0.2, -0.15) is 5.26 Å². The summed E-state index contributed by atoms with van der Waals surface area (Å²) in [6.07, 6.45) is 2.26. The molecule has 0 aromatic rings. The van der Waals surface area contributed by atoms with Crippen LogP contribution in [0.15, 0.2) is 0 Å². The van der Waals surface area contributed by atoms with Crippen molar-refractivity contribution in [3.8, 4) is 6.07 Å². The fourth-order valence-electron chi connectivity index (χ4n) is 1.25. The maximum Gasteiger partial charge on any atom is 0.122 e. The molecule has 0 rings (SSSR count). The zero-order valence-electron chi connectivity index (χ0n) is 8.13. The van der Waals surface area contributed by atoms with Gasteiger partial charge in [0, 0.05) is 20.4 Å². The molecule has 68 valence electrons. The van der Waals surface area contributed by atoms with E-state index < -0.39 is 8.07 Å². The molecule has 0 spiro atoms. The third kappa shape index (κ3) is 6.11. The summed E-state index contributed by atoms with van der Waals surface area (Å²) in [6.45, 7) is 6.74. The topological polar surface area (TPSA) is 40.9 Å². The predicted molar refractivity (Wildman–Crippen MR) is 52.6 cm³/mol. The first-order chi connectivity index (χ1) is 5.49. The van der Waals surface area contributed by atoms with Crippen LogP contribution in [0.25, 0.3) is 0 Å². The lowest BCUT2D eigenvalue weighted by atomic mass is 10.1. The number of carbonyl (C=O) groups is 1. The van der Waals surface area contributed by atoms with E-state index in [9.17, 15) is 4.79 Å². The van der Waals surface area contributed by atoms with Crippen molar-refractivity contribution < 1.29 is 4.79 Å². The highest BCUT2D eigenvalue weighted by atomic mass is 28.3. The van der Waals surface area contributed by atoms with Crippen LogP contribution in [0.5, 0.6) is 0 Å². The lowest BCUT2D eigenvalue weighted by molar-refractivity contribution is -0.110. The summed E-state index contributed by atoms with van der Waals surface area (Å²) in [7, 11) is -1.13. The first-order valence-corrected chi connectivity index (χ1v) is 8.02. The molecule has 0 aromatic carbocycles. The lowest BCUT2D eigenvalue weighted by Crippen LogP contribution is -2.24. The van der Waals surface area contributed by atoms with Crippen LogP contribution < -0.4 is 0 Å². The number of nitrogens with zero attached hydrogens (tertiary/aromatic N) is 1. The van der Waals surface area contributed by atoms with E-state index in [-0.39, 0.29) is 5.92 Å². The summed E-state index contributed by atoms with van der Waals surface area (Å²) < 4.78 is 0. The second-order valence-corrected chi connectivity index (χ2v) is 9.89. The number of hydrogen-bond donors (Lipinski definition) is 0. The van der Waals surface area contributed by atoms with Gasteiger partial charge >= 0.3 is 0 Å². The maximum absolute atomic E-state index is 10.6. The second-order valence-electron chi connectivity index (χ2n) is 4.36. The van der Waals surface area contributed by atoms with Crippen molar-refractivity contribution in [2.75, 3.05) is 0 Å². The number of hydrogen-bond acceptors (Lipinski definition) is 2. The molecule has 3 heteroatoms. The van der Waals surface area contributed by atoms with Crippen LogP contribution >= 0.6 is 0 Å². The Morgan fingerprint density at radius 2 is 2.08 bits per heavy atom. The molecule has 2 nitrogen and oxygen atoms in total. The second kappa shape index (κ2) is 5.10. The lowest BCUT2D eigenvalue weighted by Gasteiger charge is -2.19. The summed E-state index contributed by atoms with van der Waals surface area (Å²) in [4.78, 5) is 10.6. The average molecular weight is 183 g/mol. The van der Waals surface area contributed by atoms with Crippen LogP contribution in [0.4, 0.5) is 0 Å². The minimum absolute atomic E-state index is 0.122. The van der Waals surface area contributed by atoms with E-state index in [0.29, 0.717) is 6.42 Å². The summed E-state index contributed by atoms with van der Waals surface area (Å²) >= 11 is 0. The molecule has 0 saturated heterocycles. The fourth-order valence-corrected chi connectivity index (χ4v) is 3.13. The molecule has 0 amide bonds. The zero-order chi connectivity index (χ0) is 9.61. The van der Waals surface area contributed by atoms with Crippen LogP contribution in [0.1, 0.15) is 12.8 Å². The summed E-state index contributed by atoms with van der Waals surface area (Å²) in [5, 5.41) is 8.35. The van der Waals surface area contributed by atoms with Crippen LogP contribution in [0, 0.1) is 17.2 Å². The molecule has 1 atom stereocenters. The largest absolute Gasteiger partial charge is 0.303 e. The standard InChI is InChI=1S/C9H17NOSi/c1-12(2,3)8-9(7-11)5-4-6-10/h7,9H,4-5,8H2,1-3H3. The van der Waals surface area contributed by atoms with Gasteiger partial charge in [-0.3, -0.25) is 0 Å². The van der Waals surface area contributed by atoms with Crippen LogP contribution in [-0.2, 0) is 4.79 Å². The van der Waals surface area contributed by atoms with E-state index >= 15 is 0 Å². The molecule has 0 aromatic heterocycles. The molecule has 0 aliphatic rings. The maximum atomic E-state index is 10.6. The first kappa shape index (κ1) is 11.4. The van der Waals surface area contributed by atoms with Gasteiger partial charge in [-0.05, 0) is 12.5 Å². The Morgan fingerprint density at radius 3 is 2.42 bits per heavy atom. The monoisotopic (exact) mass is 183 g/mol. The van der Waals surface area contributed by atoms with Gasteiger partial charge in [0.15, 0.2) is 0 Å². The Kier molecular flexibility index (Phi) is 4.83. The van der Waals surface area contributed by atoms with Gasteiger partial charge in [0.05, 0.1) is 6.07 Å². The zero-order valence-corrected chi connectivity index (χ0v) is 9.13. The predicted octanol–water partition coefficient (Wildman–Crippen LogP) is 2.44. The molecule has 0 heterocycles. The molecule has 12 heavy (non-hydrogen) atoms. The Morgan fingerprint density at radius 1 is 1.50 bits per heavy atom. The average Bonchev–Trinajstić information content (AvgIpc) is 1.95. The molecular formula is C9H17NOSi. The van der Waals surface area contributed by atoms with Gasteiger partial charge in [-0.15, -0.1) is 0 Å². The third-order valence-electron chi connectivity index (χ3n) is 1.69. The number of carbonyl (C=O) groups excluding carboxylic acids is 1. The molecule has 0 aliphatic carbocycles. The molecular weight excluding hydrogens is 166 g/mol. The molecule has 0 N–H and O–H groups in total. The Balaban J connectivity index is 3.85. The molecule has 0 bridgehead atoms. The van der Waals surface area contributed by atoms with E-state index in [4.69, 9.17) is 5.26 Å². The van der Waals surface area contributed by atoms with Gasteiger partial charge < -0.3 is 4.79 Å². The van der Waals surface area contributed by atoms with Gasteiger partial charge in [0.25, 0.3) is 0 Å². The van der Waals surface area contributed by atoms with E-state index in [1.807, 2.05) is 0 Å². The van der Waals surface area contributed by atoms with Crippen molar-refractivity contribution in [3.05, 3.63) is 0 Å². The summed E-state index contributed by atoms with van der Waals surface area (Å²) in [6, 6.07) is 3.09. The number of aldehydes is 1. The Labute approximate surface area is 75.6 Å².